The van der Waals surface area contributed by atoms with Crippen LogP contribution in [0.1, 0.15) is 36.6 Å². The molecular formula is C22H26N2O3. The Hall–Kier alpha value is -2.27. The molecule has 3 aliphatic rings. The maximum Gasteiger partial charge on any atom is 0.333 e. The zero-order valence-corrected chi connectivity index (χ0v) is 16.0. The van der Waals surface area contributed by atoms with E-state index in [9.17, 15) is 4.79 Å². The summed E-state index contributed by atoms with van der Waals surface area (Å²) in [5.74, 6) is 1.60. The van der Waals surface area contributed by atoms with Gasteiger partial charge in [0.1, 0.15) is 5.75 Å². The SMILES string of the molecule is COC(=O)C1=CCCC2CN3CCc4c([nH]c5cc(OC)ccc45)C3CC12. The van der Waals surface area contributed by atoms with E-state index in [0.717, 1.165) is 49.2 Å². The highest BCUT2D eigenvalue weighted by molar-refractivity contribution is 5.89. The van der Waals surface area contributed by atoms with Crippen molar-refractivity contribution in [2.75, 3.05) is 27.3 Å². The van der Waals surface area contributed by atoms with E-state index in [2.05, 4.69) is 28.1 Å². The third-order valence-corrected chi connectivity index (χ3v) is 6.81. The molecule has 5 heteroatoms. The molecule has 0 bridgehead atoms. The third-order valence-electron chi connectivity index (χ3n) is 6.81. The molecule has 1 N–H and O–H groups in total. The summed E-state index contributed by atoms with van der Waals surface area (Å²) in [4.78, 5) is 18.6. The first-order valence-electron chi connectivity index (χ1n) is 9.90. The number of H-pyrrole nitrogens is 1. The number of benzene rings is 1. The van der Waals surface area contributed by atoms with E-state index in [1.54, 1.807) is 7.11 Å². The van der Waals surface area contributed by atoms with Gasteiger partial charge in [0.25, 0.3) is 0 Å². The van der Waals surface area contributed by atoms with E-state index in [1.807, 2.05) is 6.07 Å². The predicted octanol–water partition coefficient (Wildman–Crippen LogP) is 3.61. The highest BCUT2D eigenvalue weighted by Gasteiger charge is 2.43. The van der Waals surface area contributed by atoms with Gasteiger partial charge in [-0.25, -0.2) is 4.79 Å². The quantitative estimate of drug-likeness (QED) is 0.825. The highest BCUT2D eigenvalue weighted by atomic mass is 16.5. The van der Waals surface area contributed by atoms with Crippen molar-refractivity contribution in [3.63, 3.8) is 0 Å². The Balaban J connectivity index is 1.53. The maximum atomic E-state index is 12.3. The number of hydrogen-bond donors (Lipinski definition) is 1. The lowest BCUT2D eigenvalue weighted by Crippen LogP contribution is -2.47. The summed E-state index contributed by atoms with van der Waals surface area (Å²) in [5.41, 5.74) is 4.82. The number of piperidine rings is 1. The lowest BCUT2D eigenvalue weighted by Gasteiger charge is -2.47. The second kappa shape index (κ2) is 6.41. The fourth-order valence-corrected chi connectivity index (χ4v) is 5.51. The molecule has 1 aliphatic carbocycles. The molecule has 1 aromatic heterocycles. The normalized spacial score (nSPS) is 27.3. The van der Waals surface area contributed by atoms with Crippen molar-refractivity contribution < 1.29 is 14.3 Å². The van der Waals surface area contributed by atoms with Gasteiger partial charge in [0, 0.05) is 41.3 Å². The summed E-state index contributed by atoms with van der Waals surface area (Å²) in [5, 5.41) is 1.31. The van der Waals surface area contributed by atoms with E-state index in [1.165, 1.54) is 30.2 Å². The average Bonchev–Trinajstić information content (AvgIpc) is 3.09. The zero-order chi connectivity index (χ0) is 18.5. The Morgan fingerprint density at radius 1 is 1.30 bits per heavy atom. The molecule has 0 saturated carbocycles. The number of ether oxygens (including phenoxy) is 2. The molecule has 3 unspecified atom stereocenters. The average molecular weight is 366 g/mol. The van der Waals surface area contributed by atoms with E-state index in [4.69, 9.17) is 9.47 Å². The van der Waals surface area contributed by atoms with Crippen LogP contribution in [0.15, 0.2) is 29.8 Å². The number of aromatic amines is 1. The van der Waals surface area contributed by atoms with Crippen LogP contribution >= 0.6 is 0 Å². The number of carbonyl (C=O) groups excluding carboxylic acids is 1. The van der Waals surface area contributed by atoms with Crippen LogP contribution in [0.25, 0.3) is 10.9 Å². The van der Waals surface area contributed by atoms with Gasteiger partial charge < -0.3 is 14.5 Å². The van der Waals surface area contributed by atoms with Crippen LogP contribution < -0.4 is 4.74 Å². The van der Waals surface area contributed by atoms with Crippen LogP contribution in [-0.4, -0.2) is 43.2 Å². The Morgan fingerprint density at radius 2 is 2.19 bits per heavy atom. The van der Waals surface area contributed by atoms with E-state index >= 15 is 0 Å². The number of allylic oxidation sites excluding steroid dienone is 1. The van der Waals surface area contributed by atoms with Gasteiger partial charge in [-0.1, -0.05) is 6.08 Å². The van der Waals surface area contributed by atoms with Crippen LogP contribution in [0.3, 0.4) is 0 Å². The molecule has 3 heterocycles. The van der Waals surface area contributed by atoms with Crippen molar-refractivity contribution >= 4 is 16.9 Å². The number of esters is 1. The van der Waals surface area contributed by atoms with Gasteiger partial charge >= 0.3 is 5.97 Å². The third kappa shape index (κ3) is 2.59. The summed E-state index contributed by atoms with van der Waals surface area (Å²) >= 11 is 0. The smallest absolute Gasteiger partial charge is 0.333 e. The van der Waals surface area contributed by atoms with E-state index in [-0.39, 0.29) is 5.97 Å². The highest BCUT2D eigenvalue weighted by Crippen LogP contribution is 2.47. The first-order chi connectivity index (χ1) is 13.2. The molecule has 3 atom stereocenters. The number of rotatable bonds is 2. The second-order valence-corrected chi connectivity index (χ2v) is 8.02. The number of hydrogen-bond acceptors (Lipinski definition) is 4. The van der Waals surface area contributed by atoms with Crippen LogP contribution in [0.2, 0.25) is 0 Å². The first-order valence-corrected chi connectivity index (χ1v) is 9.90. The topological polar surface area (TPSA) is 54.6 Å². The summed E-state index contributed by atoms with van der Waals surface area (Å²) in [6, 6.07) is 6.65. The van der Waals surface area contributed by atoms with E-state index < -0.39 is 0 Å². The zero-order valence-electron chi connectivity index (χ0n) is 16.0. The van der Waals surface area contributed by atoms with Gasteiger partial charge in [-0.05, 0) is 55.2 Å². The van der Waals surface area contributed by atoms with Gasteiger partial charge in [-0.15, -0.1) is 0 Å². The van der Waals surface area contributed by atoms with Gasteiger partial charge in [0.05, 0.1) is 20.3 Å². The minimum absolute atomic E-state index is 0.143. The van der Waals surface area contributed by atoms with Crippen molar-refractivity contribution in [1.29, 1.82) is 0 Å². The summed E-state index contributed by atoms with van der Waals surface area (Å²) in [6.07, 6.45) is 6.34. The fourth-order valence-electron chi connectivity index (χ4n) is 5.51. The molecular weight excluding hydrogens is 340 g/mol. The number of methoxy groups -OCH3 is 2. The Bertz CT molecular complexity index is 929. The Kier molecular flexibility index (Phi) is 4.01. The molecule has 0 amide bonds. The second-order valence-electron chi connectivity index (χ2n) is 8.02. The molecule has 27 heavy (non-hydrogen) atoms. The lowest BCUT2D eigenvalue weighted by atomic mass is 9.70. The van der Waals surface area contributed by atoms with E-state index in [0.29, 0.717) is 17.9 Å². The molecule has 5 rings (SSSR count). The number of nitrogens with one attached hydrogen (secondary N) is 1. The summed E-state index contributed by atoms with van der Waals surface area (Å²) in [7, 11) is 3.20. The number of aromatic nitrogens is 1. The molecule has 1 saturated heterocycles. The number of nitrogens with zero attached hydrogens (tertiary/aromatic N) is 1. The standard InChI is InChI=1S/C22H26N2O3/c1-26-14-6-7-15-16-8-9-24-12-13-4-3-5-17(22(25)27-2)18(13)11-20(24)21(16)23-19(15)10-14/h5-7,10,13,18,20,23H,3-4,8-9,11-12H2,1-2H3. The van der Waals surface area contributed by atoms with Crippen molar-refractivity contribution in [2.24, 2.45) is 11.8 Å². The van der Waals surface area contributed by atoms with Crippen molar-refractivity contribution in [3.05, 3.63) is 41.1 Å². The van der Waals surface area contributed by atoms with Gasteiger partial charge in [0.15, 0.2) is 0 Å². The number of fused-ring (bicyclic) bond motifs is 6. The Morgan fingerprint density at radius 3 is 3.00 bits per heavy atom. The van der Waals surface area contributed by atoms with Crippen molar-refractivity contribution in [1.82, 2.24) is 9.88 Å². The molecule has 0 radical (unpaired) electrons. The van der Waals surface area contributed by atoms with Crippen molar-refractivity contribution in [2.45, 2.75) is 31.7 Å². The fraction of sp³-hybridized carbons (Fsp3) is 0.500. The summed E-state index contributed by atoms with van der Waals surface area (Å²) < 4.78 is 10.5. The van der Waals surface area contributed by atoms with Crippen LogP contribution in [0, 0.1) is 11.8 Å². The van der Waals surface area contributed by atoms with Crippen molar-refractivity contribution in [3.8, 4) is 5.75 Å². The Labute approximate surface area is 159 Å². The first kappa shape index (κ1) is 16.9. The minimum atomic E-state index is -0.143. The van der Waals surface area contributed by atoms with Crippen LogP contribution in [0.4, 0.5) is 0 Å². The van der Waals surface area contributed by atoms with Crippen LogP contribution in [-0.2, 0) is 16.0 Å². The van der Waals surface area contributed by atoms with Gasteiger partial charge in [-0.3, -0.25) is 4.90 Å². The largest absolute Gasteiger partial charge is 0.497 e. The lowest BCUT2D eigenvalue weighted by molar-refractivity contribution is -0.137. The van der Waals surface area contributed by atoms with Gasteiger partial charge in [0.2, 0.25) is 0 Å². The molecule has 2 aliphatic heterocycles. The predicted molar refractivity (Wildman–Crippen MR) is 104 cm³/mol. The maximum absolute atomic E-state index is 12.3. The van der Waals surface area contributed by atoms with Crippen LogP contribution in [0.5, 0.6) is 5.75 Å². The van der Waals surface area contributed by atoms with Gasteiger partial charge in [-0.2, -0.15) is 0 Å². The molecule has 0 spiro atoms. The molecule has 5 nitrogen and oxygen atoms in total. The molecule has 1 fully saturated rings. The monoisotopic (exact) mass is 366 g/mol. The summed E-state index contributed by atoms with van der Waals surface area (Å²) in [6.45, 7) is 2.17. The molecule has 1 aromatic carbocycles. The minimum Gasteiger partial charge on any atom is -0.497 e. The number of carbonyl (C=O) groups is 1. The molecule has 142 valence electrons. The molecule has 2 aromatic rings.